The molecule has 1 aromatic carbocycles. The zero-order valence-corrected chi connectivity index (χ0v) is 18.7. The van der Waals surface area contributed by atoms with Gasteiger partial charge in [0.05, 0.1) is 12.6 Å². The number of benzene rings is 1. The number of carbonyl (C=O) groups is 1. The Hall–Kier alpha value is -2.55. The van der Waals surface area contributed by atoms with E-state index < -0.39 is 0 Å². The van der Waals surface area contributed by atoms with Gasteiger partial charge in [-0.25, -0.2) is 0 Å². The van der Waals surface area contributed by atoms with Crippen LogP contribution in [0.15, 0.2) is 35.9 Å². The summed E-state index contributed by atoms with van der Waals surface area (Å²) in [5.41, 5.74) is 4.19. The smallest absolute Gasteiger partial charge is 0.261 e. The summed E-state index contributed by atoms with van der Waals surface area (Å²) in [5.74, 6) is -0.340. The Labute approximate surface area is 183 Å². The van der Waals surface area contributed by atoms with Crippen molar-refractivity contribution in [2.75, 3.05) is 20.3 Å². The van der Waals surface area contributed by atoms with E-state index in [1.54, 1.807) is 13.2 Å². The van der Waals surface area contributed by atoms with Crippen LogP contribution in [0, 0.1) is 25.2 Å². The van der Waals surface area contributed by atoms with Gasteiger partial charge in [-0.1, -0.05) is 23.7 Å². The van der Waals surface area contributed by atoms with Crippen LogP contribution in [0.2, 0.25) is 5.02 Å². The lowest BCUT2D eigenvalue weighted by Gasteiger charge is -2.17. The number of methoxy groups -OCH3 is 1. The Morgan fingerprint density at radius 1 is 1.37 bits per heavy atom. The molecule has 6 heteroatoms. The van der Waals surface area contributed by atoms with Gasteiger partial charge in [0.15, 0.2) is 0 Å². The highest BCUT2D eigenvalue weighted by atomic mass is 35.5. The maximum absolute atomic E-state index is 12.7. The normalized spacial score (nSPS) is 16.1. The third-order valence-corrected chi connectivity index (χ3v) is 6.19. The minimum atomic E-state index is -0.340. The summed E-state index contributed by atoms with van der Waals surface area (Å²) in [5, 5.41) is 13.3. The van der Waals surface area contributed by atoms with Crippen molar-refractivity contribution in [3.63, 3.8) is 0 Å². The molecule has 158 valence electrons. The number of rotatable bonds is 8. The number of amides is 1. The highest BCUT2D eigenvalue weighted by Crippen LogP contribution is 2.47. The van der Waals surface area contributed by atoms with Crippen molar-refractivity contribution in [2.45, 2.75) is 45.1 Å². The fourth-order valence-electron chi connectivity index (χ4n) is 4.11. The molecule has 0 radical (unpaired) electrons. The van der Waals surface area contributed by atoms with Crippen molar-refractivity contribution in [1.82, 2.24) is 9.88 Å². The van der Waals surface area contributed by atoms with Crippen LogP contribution in [-0.2, 0) is 14.9 Å². The van der Waals surface area contributed by atoms with Crippen molar-refractivity contribution in [3.05, 3.63) is 63.4 Å². The van der Waals surface area contributed by atoms with Crippen LogP contribution >= 0.6 is 11.6 Å². The molecule has 2 aromatic rings. The number of nitriles is 1. The summed E-state index contributed by atoms with van der Waals surface area (Å²) in [6.07, 6.45) is 3.70. The second kappa shape index (κ2) is 9.07. The number of aryl methyl sites for hydroxylation is 1. The van der Waals surface area contributed by atoms with Gasteiger partial charge in [-0.05, 0) is 69.0 Å². The molecule has 3 rings (SSSR count). The molecule has 1 amide bonds. The Morgan fingerprint density at radius 3 is 2.60 bits per heavy atom. The fourth-order valence-corrected chi connectivity index (χ4v) is 4.24. The molecule has 1 N–H and O–H groups in total. The van der Waals surface area contributed by atoms with E-state index in [2.05, 4.69) is 22.9 Å². The summed E-state index contributed by atoms with van der Waals surface area (Å²) in [6, 6.07) is 12.0. The van der Waals surface area contributed by atoms with Gasteiger partial charge >= 0.3 is 0 Å². The van der Waals surface area contributed by atoms with E-state index in [1.807, 2.05) is 44.2 Å². The van der Waals surface area contributed by atoms with Crippen LogP contribution in [0.3, 0.4) is 0 Å². The molecule has 1 aliphatic carbocycles. The monoisotopic (exact) mass is 425 g/mol. The first kappa shape index (κ1) is 22.1. The first-order chi connectivity index (χ1) is 14.3. The molecule has 1 aliphatic rings. The molecule has 0 bridgehead atoms. The minimum Gasteiger partial charge on any atom is -0.383 e. The van der Waals surface area contributed by atoms with Crippen molar-refractivity contribution in [3.8, 4) is 6.07 Å². The molecule has 1 unspecified atom stereocenters. The zero-order valence-electron chi connectivity index (χ0n) is 18.0. The average molecular weight is 426 g/mol. The highest BCUT2D eigenvalue weighted by molar-refractivity contribution is 6.30. The summed E-state index contributed by atoms with van der Waals surface area (Å²) in [6.45, 7) is 7.21. The maximum Gasteiger partial charge on any atom is 0.261 e. The van der Waals surface area contributed by atoms with Gasteiger partial charge in [0.1, 0.15) is 11.6 Å². The number of nitrogens with one attached hydrogen (secondary N) is 1. The first-order valence-electron chi connectivity index (χ1n) is 10.1. The Morgan fingerprint density at radius 2 is 2.03 bits per heavy atom. The van der Waals surface area contributed by atoms with Gasteiger partial charge in [0.25, 0.3) is 5.91 Å². The van der Waals surface area contributed by atoms with Crippen molar-refractivity contribution < 1.29 is 9.53 Å². The molecule has 0 aliphatic heterocycles. The van der Waals surface area contributed by atoms with Gasteiger partial charge in [-0.2, -0.15) is 5.26 Å². The largest absolute Gasteiger partial charge is 0.383 e. The quantitative estimate of drug-likeness (QED) is 0.491. The highest BCUT2D eigenvalue weighted by Gasteiger charge is 2.44. The van der Waals surface area contributed by atoms with E-state index in [-0.39, 0.29) is 22.9 Å². The lowest BCUT2D eigenvalue weighted by atomic mass is 9.96. The molecule has 0 saturated heterocycles. The predicted octanol–water partition coefficient (Wildman–Crippen LogP) is 4.72. The Bertz CT molecular complexity index is 995. The van der Waals surface area contributed by atoms with Crippen LogP contribution in [0.25, 0.3) is 6.08 Å². The number of ether oxygens (including phenoxy) is 1. The van der Waals surface area contributed by atoms with Gasteiger partial charge in [0, 0.05) is 35.5 Å². The van der Waals surface area contributed by atoms with Crippen LogP contribution in [0.4, 0.5) is 0 Å². The van der Waals surface area contributed by atoms with E-state index >= 15 is 0 Å². The molecule has 1 fully saturated rings. The standard InChI is InChI=1S/C24H28ClN3O2/c1-16-11-19(18(3)28(16)17(2)14-30-4)12-20(13-26)23(29)27-15-24(9-10-24)21-5-7-22(25)8-6-21/h5-8,11-12,17H,9-10,14-15H2,1-4H3,(H,27,29). The van der Waals surface area contributed by atoms with Crippen molar-refractivity contribution in [2.24, 2.45) is 0 Å². The molecular weight excluding hydrogens is 398 g/mol. The third kappa shape index (κ3) is 4.61. The van der Waals surface area contributed by atoms with Gasteiger partial charge in [-0.15, -0.1) is 0 Å². The summed E-state index contributed by atoms with van der Waals surface area (Å²) < 4.78 is 7.44. The average Bonchev–Trinajstić information content (AvgIpc) is 3.45. The number of halogens is 1. The summed E-state index contributed by atoms with van der Waals surface area (Å²) in [4.78, 5) is 12.7. The molecule has 0 spiro atoms. The molecule has 1 aromatic heterocycles. The summed E-state index contributed by atoms with van der Waals surface area (Å²) in [7, 11) is 1.68. The molecule has 1 heterocycles. The maximum atomic E-state index is 12.7. The number of aromatic nitrogens is 1. The second-order valence-electron chi connectivity index (χ2n) is 8.14. The number of carbonyl (C=O) groups excluding carboxylic acids is 1. The van der Waals surface area contributed by atoms with Crippen LogP contribution in [0.1, 0.15) is 48.3 Å². The minimum absolute atomic E-state index is 0.0494. The second-order valence-corrected chi connectivity index (χ2v) is 8.58. The fraction of sp³-hybridized carbons (Fsp3) is 0.417. The Kier molecular flexibility index (Phi) is 6.70. The number of hydrogen-bond donors (Lipinski definition) is 1. The third-order valence-electron chi connectivity index (χ3n) is 5.93. The Balaban J connectivity index is 1.74. The molecule has 5 nitrogen and oxygen atoms in total. The SMILES string of the molecule is COCC(C)n1c(C)cc(C=C(C#N)C(=O)NCC2(c3ccc(Cl)cc3)CC2)c1C. The molecular formula is C24H28ClN3O2. The van der Waals surface area contributed by atoms with Gasteiger partial charge < -0.3 is 14.6 Å². The first-order valence-corrected chi connectivity index (χ1v) is 10.5. The van der Waals surface area contributed by atoms with Crippen LogP contribution in [-0.4, -0.2) is 30.7 Å². The lowest BCUT2D eigenvalue weighted by molar-refractivity contribution is -0.117. The van der Waals surface area contributed by atoms with E-state index in [4.69, 9.17) is 16.3 Å². The zero-order chi connectivity index (χ0) is 21.9. The number of nitrogens with zero attached hydrogens (tertiary/aromatic N) is 2. The number of hydrogen-bond acceptors (Lipinski definition) is 3. The van der Waals surface area contributed by atoms with Crippen LogP contribution in [0.5, 0.6) is 0 Å². The van der Waals surface area contributed by atoms with Crippen LogP contribution < -0.4 is 5.32 Å². The van der Waals surface area contributed by atoms with Crippen molar-refractivity contribution >= 4 is 23.6 Å². The predicted molar refractivity (Wildman–Crippen MR) is 119 cm³/mol. The van der Waals surface area contributed by atoms with Crippen molar-refractivity contribution in [1.29, 1.82) is 5.26 Å². The molecule has 1 saturated carbocycles. The van der Waals surface area contributed by atoms with E-state index in [1.165, 1.54) is 5.56 Å². The molecule has 30 heavy (non-hydrogen) atoms. The van der Waals surface area contributed by atoms with E-state index in [0.29, 0.717) is 18.2 Å². The van der Waals surface area contributed by atoms with E-state index in [9.17, 15) is 10.1 Å². The topological polar surface area (TPSA) is 67.0 Å². The van der Waals surface area contributed by atoms with E-state index in [0.717, 1.165) is 29.8 Å². The molecule has 1 atom stereocenters. The van der Waals surface area contributed by atoms with Gasteiger partial charge in [-0.3, -0.25) is 4.79 Å². The lowest BCUT2D eigenvalue weighted by Crippen LogP contribution is -2.32. The van der Waals surface area contributed by atoms with Gasteiger partial charge in [0.2, 0.25) is 0 Å². The summed E-state index contributed by atoms with van der Waals surface area (Å²) >= 11 is 5.99.